The number of Topliss-reactive ketones (excluding diaryl/α,β-unsaturated/α-hetero) is 1. The Morgan fingerprint density at radius 1 is 0.958 bits per heavy atom. The average molecular weight is 345 g/mol. The number of hydrogen-bond donors (Lipinski definition) is 2. The van der Waals surface area contributed by atoms with E-state index in [1.807, 2.05) is 0 Å². The molecule has 0 spiro atoms. The third-order valence-electron chi connectivity index (χ3n) is 3.44. The lowest BCUT2D eigenvalue weighted by Gasteiger charge is -2.10. The molecule has 5 nitrogen and oxygen atoms in total. The van der Waals surface area contributed by atoms with Gasteiger partial charge in [0.05, 0.1) is 0 Å². The van der Waals surface area contributed by atoms with Crippen LogP contribution in [0.2, 0.25) is 5.02 Å². The van der Waals surface area contributed by atoms with Crippen molar-refractivity contribution in [1.29, 1.82) is 0 Å². The summed E-state index contributed by atoms with van der Waals surface area (Å²) in [5, 5.41) is 5.82. The Kier molecular flexibility index (Phi) is 5.71. The fourth-order valence-corrected chi connectivity index (χ4v) is 2.25. The van der Waals surface area contributed by atoms with Crippen molar-refractivity contribution in [2.24, 2.45) is 0 Å². The lowest BCUT2D eigenvalue weighted by Crippen LogP contribution is -2.21. The van der Waals surface area contributed by atoms with Crippen molar-refractivity contribution >= 4 is 40.6 Å². The highest BCUT2D eigenvalue weighted by molar-refractivity contribution is 6.31. The number of carbonyl (C=O) groups is 3. The summed E-state index contributed by atoms with van der Waals surface area (Å²) in [6, 6.07) is 11.6. The second kappa shape index (κ2) is 7.75. The quantitative estimate of drug-likeness (QED) is 0.639. The second-order valence-corrected chi connectivity index (χ2v) is 5.73. The fourth-order valence-electron chi connectivity index (χ4n) is 2.08. The number of benzene rings is 2. The third kappa shape index (κ3) is 4.67. The molecule has 2 rings (SSSR count). The van der Waals surface area contributed by atoms with Crippen LogP contribution >= 0.6 is 11.6 Å². The van der Waals surface area contributed by atoms with E-state index in [9.17, 15) is 14.4 Å². The van der Waals surface area contributed by atoms with Crippen LogP contribution in [-0.4, -0.2) is 17.6 Å². The molecule has 24 heavy (non-hydrogen) atoms. The molecule has 0 aliphatic heterocycles. The van der Waals surface area contributed by atoms with Crippen molar-refractivity contribution in [3.8, 4) is 0 Å². The fraction of sp³-hybridized carbons (Fsp3) is 0.167. The van der Waals surface area contributed by atoms with Gasteiger partial charge in [-0.2, -0.15) is 0 Å². The monoisotopic (exact) mass is 344 g/mol. The molecule has 0 radical (unpaired) electrons. The summed E-state index contributed by atoms with van der Waals surface area (Å²) in [5.74, 6) is -0.926. The van der Waals surface area contributed by atoms with Gasteiger partial charge in [0.25, 0.3) is 0 Å². The van der Waals surface area contributed by atoms with Gasteiger partial charge in [-0.1, -0.05) is 17.7 Å². The predicted molar refractivity (Wildman–Crippen MR) is 94.5 cm³/mol. The van der Waals surface area contributed by atoms with Gasteiger partial charge in [0, 0.05) is 22.0 Å². The van der Waals surface area contributed by atoms with Crippen molar-refractivity contribution in [2.45, 2.75) is 20.3 Å². The minimum atomic E-state index is -0.442. The molecule has 2 amide bonds. The zero-order valence-corrected chi connectivity index (χ0v) is 14.1. The first kappa shape index (κ1) is 17.7. The van der Waals surface area contributed by atoms with Crippen LogP contribution in [0.25, 0.3) is 0 Å². The van der Waals surface area contributed by atoms with Crippen LogP contribution in [0.1, 0.15) is 29.3 Å². The van der Waals surface area contributed by atoms with Crippen LogP contribution in [0, 0.1) is 6.92 Å². The minimum Gasteiger partial charge on any atom is -0.326 e. The molecule has 0 saturated heterocycles. The molecule has 2 aromatic carbocycles. The summed E-state index contributed by atoms with van der Waals surface area (Å²) in [6.07, 6.45) is -0.319. The van der Waals surface area contributed by atoms with E-state index in [-0.39, 0.29) is 12.2 Å². The average Bonchev–Trinajstić information content (AvgIpc) is 2.52. The lowest BCUT2D eigenvalue weighted by molar-refractivity contribution is -0.123. The molecule has 2 N–H and O–H groups in total. The number of nitrogens with one attached hydrogen (secondary N) is 2. The van der Waals surface area contributed by atoms with Crippen LogP contribution in [0.15, 0.2) is 42.5 Å². The van der Waals surface area contributed by atoms with Gasteiger partial charge < -0.3 is 10.6 Å². The molecule has 0 heterocycles. The third-order valence-corrected chi connectivity index (χ3v) is 3.85. The summed E-state index contributed by atoms with van der Waals surface area (Å²) >= 11 is 5.99. The highest BCUT2D eigenvalue weighted by Crippen LogP contribution is 2.23. The molecule has 0 atom stereocenters. The highest BCUT2D eigenvalue weighted by Gasteiger charge is 2.12. The number of hydrogen-bond acceptors (Lipinski definition) is 3. The number of carbonyl (C=O) groups excluding carboxylic acids is 3. The van der Waals surface area contributed by atoms with Crippen LogP contribution < -0.4 is 10.6 Å². The molecule has 0 aliphatic carbocycles. The van der Waals surface area contributed by atoms with Gasteiger partial charge in [0.1, 0.15) is 6.42 Å². The summed E-state index contributed by atoms with van der Waals surface area (Å²) in [5.41, 5.74) is 2.40. The maximum absolute atomic E-state index is 12.0. The van der Waals surface area contributed by atoms with E-state index in [1.165, 1.54) is 6.92 Å². The zero-order valence-electron chi connectivity index (χ0n) is 13.4. The van der Waals surface area contributed by atoms with Crippen LogP contribution in [-0.2, 0) is 9.59 Å². The first-order valence-electron chi connectivity index (χ1n) is 7.32. The molecule has 124 valence electrons. The molecule has 0 unspecified atom stereocenters. The number of anilines is 2. The first-order valence-corrected chi connectivity index (χ1v) is 7.70. The van der Waals surface area contributed by atoms with Crippen LogP contribution in [0.5, 0.6) is 0 Å². The summed E-state index contributed by atoms with van der Waals surface area (Å²) in [7, 11) is 0. The number of amides is 2. The van der Waals surface area contributed by atoms with Crippen molar-refractivity contribution in [2.75, 3.05) is 10.6 Å². The molecule has 6 heteroatoms. The van der Waals surface area contributed by atoms with Crippen molar-refractivity contribution in [3.63, 3.8) is 0 Å². The Hall–Kier alpha value is -2.66. The molecular weight excluding hydrogens is 328 g/mol. The van der Waals surface area contributed by atoms with E-state index in [0.717, 1.165) is 5.56 Å². The molecular formula is C18H17ClN2O3. The van der Waals surface area contributed by atoms with E-state index in [2.05, 4.69) is 10.6 Å². The first-order chi connectivity index (χ1) is 11.4. The van der Waals surface area contributed by atoms with Gasteiger partial charge in [-0.15, -0.1) is 0 Å². The normalized spacial score (nSPS) is 10.1. The van der Waals surface area contributed by atoms with E-state index < -0.39 is 11.8 Å². The molecule has 0 saturated carbocycles. The summed E-state index contributed by atoms with van der Waals surface area (Å²) < 4.78 is 0. The Bertz CT molecular complexity index is 785. The SMILES string of the molecule is CC(=O)c1ccc(NC(=O)CC(=O)Nc2cccc(Cl)c2C)cc1. The van der Waals surface area contributed by atoms with Gasteiger partial charge in [0.15, 0.2) is 5.78 Å². The Labute approximate surface area is 145 Å². The lowest BCUT2D eigenvalue weighted by atomic mass is 10.1. The van der Waals surface area contributed by atoms with Gasteiger partial charge in [-0.05, 0) is 55.8 Å². The molecule has 2 aromatic rings. The summed E-state index contributed by atoms with van der Waals surface area (Å²) in [6.45, 7) is 3.25. The van der Waals surface area contributed by atoms with Gasteiger partial charge in [0.2, 0.25) is 11.8 Å². The van der Waals surface area contributed by atoms with E-state index >= 15 is 0 Å². The van der Waals surface area contributed by atoms with Gasteiger partial charge >= 0.3 is 0 Å². The molecule has 0 bridgehead atoms. The summed E-state index contributed by atoms with van der Waals surface area (Å²) in [4.78, 5) is 35.1. The smallest absolute Gasteiger partial charge is 0.233 e. The molecule has 0 aliphatic rings. The van der Waals surface area contributed by atoms with E-state index in [0.29, 0.717) is 22.0 Å². The van der Waals surface area contributed by atoms with Crippen LogP contribution in [0.4, 0.5) is 11.4 Å². The largest absolute Gasteiger partial charge is 0.326 e. The maximum atomic E-state index is 12.0. The Morgan fingerprint density at radius 2 is 1.58 bits per heavy atom. The molecule has 0 fully saturated rings. The van der Waals surface area contributed by atoms with E-state index in [4.69, 9.17) is 11.6 Å². The Morgan fingerprint density at radius 3 is 2.21 bits per heavy atom. The number of rotatable bonds is 5. The second-order valence-electron chi connectivity index (χ2n) is 5.32. The standard InChI is InChI=1S/C18H17ClN2O3/c1-11-15(19)4-3-5-16(11)21-18(24)10-17(23)20-14-8-6-13(7-9-14)12(2)22/h3-9H,10H2,1-2H3,(H,20,23)(H,21,24). The number of ketones is 1. The zero-order chi connectivity index (χ0) is 17.7. The van der Waals surface area contributed by atoms with Crippen molar-refractivity contribution in [1.82, 2.24) is 0 Å². The van der Waals surface area contributed by atoms with Gasteiger partial charge in [-0.25, -0.2) is 0 Å². The van der Waals surface area contributed by atoms with E-state index in [1.54, 1.807) is 49.4 Å². The number of halogens is 1. The van der Waals surface area contributed by atoms with Crippen LogP contribution in [0.3, 0.4) is 0 Å². The van der Waals surface area contributed by atoms with Crippen molar-refractivity contribution < 1.29 is 14.4 Å². The maximum Gasteiger partial charge on any atom is 0.233 e. The minimum absolute atomic E-state index is 0.0517. The topological polar surface area (TPSA) is 75.3 Å². The highest BCUT2D eigenvalue weighted by atomic mass is 35.5. The molecule has 0 aromatic heterocycles. The van der Waals surface area contributed by atoms with Gasteiger partial charge in [-0.3, -0.25) is 14.4 Å². The predicted octanol–water partition coefficient (Wildman–Crippen LogP) is 3.82. The Balaban J connectivity index is 1.93. The van der Waals surface area contributed by atoms with Crippen molar-refractivity contribution in [3.05, 3.63) is 58.6 Å².